The summed E-state index contributed by atoms with van der Waals surface area (Å²) in [5.74, 6) is 0.817. The van der Waals surface area contributed by atoms with E-state index in [-0.39, 0.29) is 18.3 Å². The second kappa shape index (κ2) is 8.16. The van der Waals surface area contributed by atoms with Gasteiger partial charge in [-0.1, -0.05) is 28.1 Å². The van der Waals surface area contributed by atoms with Crippen molar-refractivity contribution in [2.75, 3.05) is 19.6 Å². The second-order valence-electron chi connectivity index (χ2n) is 6.04. The van der Waals surface area contributed by atoms with Crippen molar-refractivity contribution in [2.24, 2.45) is 5.92 Å². The van der Waals surface area contributed by atoms with Gasteiger partial charge < -0.3 is 10.6 Å². The van der Waals surface area contributed by atoms with Crippen LogP contribution >= 0.6 is 28.3 Å². The Bertz CT molecular complexity index is 456. The summed E-state index contributed by atoms with van der Waals surface area (Å²) in [5, 5.41) is 6.44. The lowest BCUT2D eigenvalue weighted by Gasteiger charge is -2.24. The van der Waals surface area contributed by atoms with Crippen LogP contribution in [0, 0.1) is 5.92 Å². The van der Waals surface area contributed by atoms with Crippen molar-refractivity contribution < 1.29 is 4.79 Å². The Morgan fingerprint density at radius 2 is 2.05 bits per heavy atom. The molecule has 1 atom stereocenters. The van der Waals surface area contributed by atoms with E-state index in [1.807, 2.05) is 38.1 Å². The lowest BCUT2D eigenvalue weighted by molar-refractivity contribution is -0.125. The topological polar surface area (TPSA) is 41.1 Å². The van der Waals surface area contributed by atoms with E-state index >= 15 is 0 Å². The molecule has 118 valence electrons. The predicted octanol–water partition coefficient (Wildman–Crippen LogP) is 3.26. The molecule has 0 radical (unpaired) electrons. The zero-order valence-electron chi connectivity index (χ0n) is 12.6. The third kappa shape index (κ3) is 4.97. The molecule has 0 saturated carbocycles. The van der Waals surface area contributed by atoms with Crippen molar-refractivity contribution in [1.29, 1.82) is 0 Å². The van der Waals surface area contributed by atoms with Crippen LogP contribution in [-0.4, -0.2) is 25.5 Å². The van der Waals surface area contributed by atoms with E-state index in [1.165, 1.54) is 6.42 Å². The molecule has 1 fully saturated rings. The van der Waals surface area contributed by atoms with Gasteiger partial charge in [-0.15, -0.1) is 12.4 Å². The number of halogens is 2. The zero-order valence-corrected chi connectivity index (χ0v) is 15.0. The fourth-order valence-corrected chi connectivity index (χ4v) is 2.83. The largest absolute Gasteiger partial charge is 0.355 e. The summed E-state index contributed by atoms with van der Waals surface area (Å²) < 4.78 is 1.03. The zero-order chi connectivity index (χ0) is 14.6. The Labute approximate surface area is 141 Å². The van der Waals surface area contributed by atoms with Crippen molar-refractivity contribution in [1.82, 2.24) is 10.6 Å². The summed E-state index contributed by atoms with van der Waals surface area (Å²) in [6.07, 6.45) is 2.29. The molecular formula is C16H24BrClN2O. The molecular weight excluding hydrogens is 352 g/mol. The second-order valence-corrected chi connectivity index (χ2v) is 6.95. The quantitative estimate of drug-likeness (QED) is 0.829. The highest BCUT2D eigenvalue weighted by atomic mass is 79.9. The fraction of sp³-hybridized carbons (Fsp3) is 0.562. The first kappa shape index (κ1) is 18.5. The van der Waals surface area contributed by atoms with Crippen molar-refractivity contribution >= 4 is 34.2 Å². The Kier molecular flexibility index (Phi) is 7.17. The van der Waals surface area contributed by atoms with Gasteiger partial charge in [-0.2, -0.15) is 0 Å². The van der Waals surface area contributed by atoms with Gasteiger partial charge in [-0.3, -0.25) is 4.79 Å². The predicted molar refractivity (Wildman–Crippen MR) is 93.0 cm³/mol. The van der Waals surface area contributed by atoms with Crippen LogP contribution in [0.3, 0.4) is 0 Å². The SMILES string of the molecule is CC(C)(C(=O)NCCC1CCNC1)c1ccc(Br)cc1.Cl. The van der Waals surface area contributed by atoms with Crippen LogP contribution in [0.5, 0.6) is 0 Å². The molecule has 2 N–H and O–H groups in total. The first-order valence-electron chi connectivity index (χ1n) is 7.25. The van der Waals surface area contributed by atoms with Crippen LogP contribution in [0.4, 0.5) is 0 Å². The molecule has 1 aromatic rings. The third-order valence-electron chi connectivity index (χ3n) is 4.13. The summed E-state index contributed by atoms with van der Waals surface area (Å²) in [5.41, 5.74) is 0.551. The fourth-order valence-electron chi connectivity index (χ4n) is 2.57. The van der Waals surface area contributed by atoms with Crippen LogP contribution in [0.2, 0.25) is 0 Å². The number of nitrogens with one attached hydrogen (secondary N) is 2. The number of hydrogen-bond donors (Lipinski definition) is 2. The summed E-state index contributed by atoms with van der Waals surface area (Å²) in [7, 11) is 0. The van der Waals surface area contributed by atoms with Gasteiger partial charge in [0.25, 0.3) is 0 Å². The minimum Gasteiger partial charge on any atom is -0.355 e. The van der Waals surface area contributed by atoms with Gasteiger partial charge in [0.05, 0.1) is 5.41 Å². The number of hydrogen-bond acceptors (Lipinski definition) is 2. The van der Waals surface area contributed by atoms with E-state index in [0.29, 0.717) is 5.92 Å². The van der Waals surface area contributed by atoms with Crippen LogP contribution in [0.25, 0.3) is 0 Å². The summed E-state index contributed by atoms with van der Waals surface area (Å²) in [4.78, 5) is 12.4. The van der Waals surface area contributed by atoms with Crippen molar-refractivity contribution in [3.63, 3.8) is 0 Å². The molecule has 3 nitrogen and oxygen atoms in total. The van der Waals surface area contributed by atoms with Crippen LogP contribution in [0.15, 0.2) is 28.7 Å². The molecule has 5 heteroatoms. The van der Waals surface area contributed by atoms with E-state index in [4.69, 9.17) is 0 Å². The molecule has 0 bridgehead atoms. The van der Waals surface area contributed by atoms with Gasteiger partial charge in [-0.25, -0.2) is 0 Å². The average Bonchev–Trinajstić information content (AvgIpc) is 2.92. The highest BCUT2D eigenvalue weighted by Gasteiger charge is 2.29. The number of carbonyl (C=O) groups excluding carboxylic acids is 1. The molecule has 1 heterocycles. The first-order chi connectivity index (χ1) is 9.50. The highest BCUT2D eigenvalue weighted by molar-refractivity contribution is 9.10. The number of benzene rings is 1. The van der Waals surface area contributed by atoms with Crippen LogP contribution in [0.1, 0.15) is 32.3 Å². The molecule has 0 spiro atoms. The smallest absolute Gasteiger partial charge is 0.230 e. The van der Waals surface area contributed by atoms with E-state index in [1.54, 1.807) is 0 Å². The minimum atomic E-state index is -0.491. The summed E-state index contributed by atoms with van der Waals surface area (Å²) >= 11 is 3.42. The molecule has 1 unspecified atom stereocenters. The lowest BCUT2D eigenvalue weighted by atomic mass is 9.83. The Morgan fingerprint density at radius 3 is 2.62 bits per heavy atom. The normalized spacial score (nSPS) is 18.1. The Balaban J connectivity index is 0.00000220. The summed E-state index contributed by atoms with van der Waals surface area (Å²) in [6.45, 7) is 6.92. The molecule has 1 saturated heterocycles. The van der Waals surface area contributed by atoms with Gasteiger partial charge in [0.2, 0.25) is 5.91 Å². The monoisotopic (exact) mass is 374 g/mol. The Hall–Kier alpha value is -0.580. The van der Waals surface area contributed by atoms with Crippen LogP contribution < -0.4 is 10.6 Å². The molecule has 21 heavy (non-hydrogen) atoms. The van der Waals surface area contributed by atoms with Crippen molar-refractivity contribution in [3.05, 3.63) is 34.3 Å². The van der Waals surface area contributed by atoms with Gasteiger partial charge in [-0.05, 0) is 63.4 Å². The number of rotatable bonds is 5. The van der Waals surface area contributed by atoms with E-state index in [0.717, 1.165) is 36.1 Å². The average molecular weight is 376 g/mol. The maximum atomic E-state index is 12.4. The van der Waals surface area contributed by atoms with Crippen LogP contribution in [-0.2, 0) is 10.2 Å². The maximum Gasteiger partial charge on any atom is 0.230 e. The number of amides is 1. The number of carbonyl (C=O) groups is 1. The van der Waals surface area contributed by atoms with E-state index in [9.17, 15) is 4.79 Å². The summed E-state index contributed by atoms with van der Waals surface area (Å²) in [6, 6.07) is 7.97. The molecule has 0 aromatic heterocycles. The molecule has 2 rings (SSSR count). The standard InChI is InChI=1S/C16H23BrN2O.ClH/c1-16(2,13-3-5-14(17)6-4-13)15(20)19-10-8-12-7-9-18-11-12;/h3-6,12,18H,7-11H2,1-2H3,(H,19,20);1H. The third-order valence-corrected chi connectivity index (χ3v) is 4.66. The van der Waals surface area contributed by atoms with Gasteiger partial charge >= 0.3 is 0 Å². The van der Waals surface area contributed by atoms with E-state index in [2.05, 4.69) is 26.6 Å². The Morgan fingerprint density at radius 1 is 1.38 bits per heavy atom. The molecule has 1 aliphatic heterocycles. The highest BCUT2D eigenvalue weighted by Crippen LogP contribution is 2.25. The van der Waals surface area contributed by atoms with Gasteiger partial charge in [0.1, 0.15) is 0 Å². The first-order valence-corrected chi connectivity index (χ1v) is 8.04. The maximum absolute atomic E-state index is 12.4. The van der Waals surface area contributed by atoms with Crippen molar-refractivity contribution in [2.45, 2.75) is 32.1 Å². The molecule has 0 aliphatic carbocycles. The van der Waals surface area contributed by atoms with E-state index < -0.39 is 5.41 Å². The van der Waals surface area contributed by atoms with Gasteiger partial charge in [0, 0.05) is 11.0 Å². The minimum absolute atomic E-state index is 0. The molecule has 1 aliphatic rings. The van der Waals surface area contributed by atoms with Gasteiger partial charge in [0.15, 0.2) is 0 Å². The molecule has 1 aromatic carbocycles. The molecule has 1 amide bonds. The van der Waals surface area contributed by atoms with Crippen molar-refractivity contribution in [3.8, 4) is 0 Å². The lowest BCUT2D eigenvalue weighted by Crippen LogP contribution is -2.40.